The van der Waals surface area contributed by atoms with Crippen LogP contribution in [0.4, 0.5) is 4.79 Å². The summed E-state index contributed by atoms with van der Waals surface area (Å²) < 4.78 is 11.6. The lowest BCUT2D eigenvalue weighted by atomic mass is 9.99. The van der Waals surface area contributed by atoms with Gasteiger partial charge in [-0.2, -0.15) is 0 Å². The Bertz CT molecular complexity index is 859. The minimum atomic E-state index is -0.475. The van der Waals surface area contributed by atoms with Gasteiger partial charge in [-0.05, 0) is 51.3 Å². The van der Waals surface area contributed by atoms with Crippen molar-refractivity contribution < 1.29 is 14.3 Å². The zero-order valence-electron chi connectivity index (χ0n) is 19.6. The molecule has 0 unspecified atom stereocenters. The Morgan fingerprint density at radius 1 is 1.03 bits per heavy atom. The molecular formula is C27H36N2O3. The van der Waals surface area contributed by atoms with E-state index in [0.29, 0.717) is 11.8 Å². The topological polar surface area (TPSA) is 42.0 Å². The maximum Gasteiger partial charge on any atom is 0.410 e. The summed E-state index contributed by atoms with van der Waals surface area (Å²) in [6.07, 6.45) is 1.86. The first-order valence-corrected chi connectivity index (χ1v) is 11.8. The SMILES string of the molecule is CC(C)(C)OC(=O)N(CC1CN(CCCOc2ccccc2)C1)[C@@H]1C[C@H]1c1ccccc1. The quantitative estimate of drug-likeness (QED) is 0.508. The zero-order chi connectivity index (χ0) is 22.6. The number of carbonyl (C=O) groups excluding carboxylic acids is 1. The molecule has 2 aromatic rings. The molecule has 2 aromatic carbocycles. The van der Waals surface area contributed by atoms with E-state index in [1.807, 2.05) is 62.1 Å². The Labute approximate surface area is 192 Å². The molecule has 172 valence electrons. The van der Waals surface area contributed by atoms with E-state index in [2.05, 4.69) is 29.2 Å². The van der Waals surface area contributed by atoms with E-state index >= 15 is 0 Å². The van der Waals surface area contributed by atoms with E-state index in [4.69, 9.17) is 9.47 Å². The van der Waals surface area contributed by atoms with E-state index in [9.17, 15) is 4.79 Å². The van der Waals surface area contributed by atoms with Crippen LogP contribution in [0.1, 0.15) is 45.1 Å². The molecule has 1 saturated heterocycles. The third-order valence-corrected chi connectivity index (χ3v) is 6.13. The van der Waals surface area contributed by atoms with Crippen molar-refractivity contribution in [1.29, 1.82) is 0 Å². The van der Waals surface area contributed by atoms with Crippen LogP contribution < -0.4 is 4.74 Å². The average Bonchev–Trinajstić information content (AvgIpc) is 3.52. The normalized spacial score (nSPS) is 21.0. The van der Waals surface area contributed by atoms with Crippen LogP contribution >= 0.6 is 0 Å². The van der Waals surface area contributed by atoms with Crippen LogP contribution in [0.2, 0.25) is 0 Å². The van der Waals surface area contributed by atoms with Crippen LogP contribution in [0.3, 0.4) is 0 Å². The summed E-state index contributed by atoms with van der Waals surface area (Å²) in [5.41, 5.74) is 0.844. The van der Waals surface area contributed by atoms with Crippen LogP contribution in [-0.2, 0) is 4.74 Å². The number of carbonyl (C=O) groups is 1. The molecular weight excluding hydrogens is 400 g/mol. The van der Waals surface area contributed by atoms with Crippen molar-refractivity contribution in [1.82, 2.24) is 9.80 Å². The average molecular weight is 437 g/mol. The molecule has 1 heterocycles. The molecule has 5 heteroatoms. The summed E-state index contributed by atoms with van der Waals surface area (Å²) in [5.74, 6) is 1.86. The highest BCUT2D eigenvalue weighted by Crippen LogP contribution is 2.45. The summed E-state index contributed by atoms with van der Waals surface area (Å²) in [5, 5.41) is 0. The van der Waals surface area contributed by atoms with Gasteiger partial charge in [0.25, 0.3) is 0 Å². The molecule has 0 N–H and O–H groups in total. The van der Waals surface area contributed by atoms with Crippen molar-refractivity contribution in [3.8, 4) is 5.75 Å². The predicted octanol–water partition coefficient (Wildman–Crippen LogP) is 5.18. The van der Waals surface area contributed by atoms with E-state index in [1.165, 1.54) is 5.56 Å². The molecule has 0 radical (unpaired) electrons. The number of rotatable bonds is 9. The van der Waals surface area contributed by atoms with E-state index in [-0.39, 0.29) is 12.1 Å². The summed E-state index contributed by atoms with van der Waals surface area (Å²) in [4.78, 5) is 17.4. The fourth-order valence-corrected chi connectivity index (χ4v) is 4.50. The first kappa shape index (κ1) is 22.7. The zero-order valence-corrected chi connectivity index (χ0v) is 19.6. The second kappa shape index (κ2) is 9.95. The number of likely N-dealkylation sites (tertiary alicyclic amines) is 1. The Balaban J connectivity index is 1.24. The van der Waals surface area contributed by atoms with Gasteiger partial charge in [0, 0.05) is 44.1 Å². The molecule has 1 aliphatic heterocycles. The van der Waals surface area contributed by atoms with E-state index < -0.39 is 5.60 Å². The standard InChI is InChI=1S/C27H36N2O3/c1-27(2,3)32-26(30)29(25-17-24(25)22-11-6-4-7-12-22)20-21-18-28(19-21)15-10-16-31-23-13-8-5-9-14-23/h4-9,11-14,21,24-25H,10,15-20H2,1-3H3/t24-,25+/m0/s1. The lowest BCUT2D eigenvalue weighted by Crippen LogP contribution is -2.53. The fraction of sp³-hybridized carbons (Fsp3) is 0.519. The van der Waals surface area contributed by atoms with Crippen molar-refractivity contribution in [3.05, 3.63) is 66.2 Å². The molecule has 2 aliphatic rings. The van der Waals surface area contributed by atoms with Gasteiger partial charge >= 0.3 is 6.09 Å². The van der Waals surface area contributed by atoms with Crippen LogP contribution in [0.5, 0.6) is 5.75 Å². The van der Waals surface area contributed by atoms with E-state index in [0.717, 1.165) is 51.4 Å². The van der Waals surface area contributed by atoms with Gasteiger partial charge in [-0.15, -0.1) is 0 Å². The summed E-state index contributed by atoms with van der Waals surface area (Å²) in [6.45, 7) is 10.4. The number of hydrogen-bond donors (Lipinski definition) is 0. The van der Waals surface area contributed by atoms with E-state index in [1.54, 1.807) is 0 Å². The smallest absolute Gasteiger partial charge is 0.410 e. The van der Waals surface area contributed by atoms with Crippen molar-refractivity contribution in [2.45, 2.75) is 51.2 Å². The Morgan fingerprint density at radius 2 is 1.69 bits per heavy atom. The maximum atomic E-state index is 13.0. The van der Waals surface area contributed by atoms with Gasteiger partial charge in [0.1, 0.15) is 11.4 Å². The molecule has 0 bridgehead atoms. The van der Waals surface area contributed by atoms with Crippen molar-refractivity contribution in [3.63, 3.8) is 0 Å². The first-order valence-electron chi connectivity index (χ1n) is 11.8. The molecule has 2 fully saturated rings. The number of benzene rings is 2. The first-order chi connectivity index (χ1) is 15.4. The molecule has 1 amide bonds. The highest BCUT2D eigenvalue weighted by Gasteiger charge is 2.47. The lowest BCUT2D eigenvalue weighted by Gasteiger charge is -2.42. The summed E-state index contributed by atoms with van der Waals surface area (Å²) in [7, 11) is 0. The van der Waals surface area contributed by atoms with Gasteiger partial charge in [0.15, 0.2) is 0 Å². The van der Waals surface area contributed by atoms with Crippen LogP contribution in [0.25, 0.3) is 0 Å². The monoisotopic (exact) mass is 436 g/mol. The highest BCUT2D eigenvalue weighted by molar-refractivity contribution is 5.69. The van der Waals surface area contributed by atoms with Crippen LogP contribution in [0.15, 0.2) is 60.7 Å². The third-order valence-electron chi connectivity index (χ3n) is 6.13. The Morgan fingerprint density at radius 3 is 2.34 bits per heavy atom. The fourth-order valence-electron chi connectivity index (χ4n) is 4.50. The number of para-hydroxylation sites is 1. The van der Waals surface area contributed by atoms with Crippen molar-refractivity contribution >= 4 is 6.09 Å². The molecule has 0 spiro atoms. The van der Waals surface area contributed by atoms with Gasteiger partial charge in [-0.3, -0.25) is 0 Å². The minimum Gasteiger partial charge on any atom is -0.494 e. The highest BCUT2D eigenvalue weighted by atomic mass is 16.6. The minimum absolute atomic E-state index is 0.171. The van der Waals surface area contributed by atoms with Crippen molar-refractivity contribution in [2.75, 3.05) is 32.8 Å². The maximum absolute atomic E-state index is 13.0. The third kappa shape index (κ3) is 6.26. The number of hydrogen-bond acceptors (Lipinski definition) is 4. The summed E-state index contributed by atoms with van der Waals surface area (Å²) in [6, 6.07) is 20.8. The predicted molar refractivity (Wildman–Crippen MR) is 127 cm³/mol. The van der Waals surface area contributed by atoms with Gasteiger partial charge in [-0.1, -0.05) is 48.5 Å². The molecule has 32 heavy (non-hydrogen) atoms. The molecule has 2 atom stereocenters. The number of ether oxygens (including phenoxy) is 2. The summed E-state index contributed by atoms with van der Waals surface area (Å²) >= 11 is 0. The van der Waals surface area contributed by atoms with Crippen LogP contribution in [0, 0.1) is 5.92 Å². The van der Waals surface area contributed by atoms with Gasteiger partial charge in [-0.25, -0.2) is 4.79 Å². The van der Waals surface area contributed by atoms with Gasteiger partial charge in [0.2, 0.25) is 0 Å². The van der Waals surface area contributed by atoms with Crippen LogP contribution in [-0.4, -0.2) is 60.3 Å². The Kier molecular flexibility index (Phi) is 7.04. The molecule has 0 aromatic heterocycles. The number of nitrogens with zero attached hydrogens (tertiary/aromatic N) is 2. The number of amides is 1. The molecule has 4 rings (SSSR count). The van der Waals surface area contributed by atoms with Gasteiger partial charge < -0.3 is 19.3 Å². The largest absolute Gasteiger partial charge is 0.494 e. The molecule has 5 nitrogen and oxygen atoms in total. The van der Waals surface area contributed by atoms with Gasteiger partial charge in [0.05, 0.1) is 6.61 Å². The second-order valence-corrected chi connectivity index (χ2v) is 10.1. The molecule has 1 aliphatic carbocycles. The Hall–Kier alpha value is -2.53. The molecule has 1 saturated carbocycles. The lowest BCUT2D eigenvalue weighted by molar-refractivity contribution is 0.00718. The van der Waals surface area contributed by atoms with Crippen molar-refractivity contribution in [2.24, 2.45) is 5.92 Å². The second-order valence-electron chi connectivity index (χ2n) is 10.1.